The lowest BCUT2D eigenvalue weighted by Crippen LogP contribution is -2.08. The normalized spacial score (nSPS) is 8.89. The zero-order chi connectivity index (χ0) is 6.53. The molecule has 0 atom stereocenters. The molecule has 1 aromatic heterocycles. The largest absolute Gasteiger partial charge is 0.368 e. The molecule has 1 heterocycles. The number of rotatable bonds is 3. The van der Waals surface area contributed by atoms with Gasteiger partial charge in [0.25, 0.3) is 0 Å². The first-order valence-electron chi connectivity index (χ1n) is 2.43. The topological polar surface area (TPSA) is 24.9 Å². The van der Waals surface area contributed by atoms with Gasteiger partial charge in [-0.05, 0) is 17.6 Å². The van der Waals surface area contributed by atoms with Crippen LogP contribution in [0.3, 0.4) is 0 Å². The lowest BCUT2D eigenvalue weighted by Gasteiger charge is -1.89. The Kier molecular flexibility index (Phi) is 2.60. The summed E-state index contributed by atoms with van der Waals surface area (Å²) in [5, 5.41) is 4.69. The quantitative estimate of drug-likeness (QED) is 0.524. The van der Waals surface area contributed by atoms with Crippen LogP contribution in [0.15, 0.2) is 11.4 Å². The molecule has 0 saturated carbocycles. The summed E-state index contributed by atoms with van der Waals surface area (Å²) in [7, 11) is 0. The van der Waals surface area contributed by atoms with Gasteiger partial charge in [0.1, 0.15) is 5.49 Å². The molecule has 0 aliphatic rings. The first-order chi connectivity index (χ1) is 4.43. The maximum absolute atomic E-state index is 4.44. The van der Waals surface area contributed by atoms with E-state index in [1.54, 1.807) is 0 Å². The number of hydrogen-bond acceptors (Lipinski definition) is 3. The zero-order valence-corrected chi connectivity index (χ0v) is 6.26. The van der Waals surface area contributed by atoms with Crippen molar-refractivity contribution in [3.05, 3.63) is 17.1 Å². The van der Waals surface area contributed by atoms with E-state index in [1.807, 2.05) is 11.4 Å². The molecule has 0 aromatic carbocycles. The van der Waals surface area contributed by atoms with Crippen LogP contribution in [0, 0.1) is 0 Å². The fraction of sp³-hybridized carbons (Fsp3) is 0.200. The van der Waals surface area contributed by atoms with Gasteiger partial charge in [-0.1, -0.05) is 12.2 Å². The fourth-order valence-corrected chi connectivity index (χ4v) is 1.07. The van der Waals surface area contributed by atoms with E-state index in [1.165, 1.54) is 11.5 Å². The standard InChI is InChI=1S/C5H5N2S2/c8-4-6-3-5-1-2-9-7-5/h1-2H,3H2,(H,6,8). The minimum Gasteiger partial charge on any atom is -0.368 e. The van der Waals surface area contributed by atoms with Crippen LogP contribution in [0.2, 0.25) is 0 Å². The number of nitrogens with one attached hydrogen (secondary N) is 1. The van der Waals surface area contributed by atoms with Gasteiger partial charge in [-0.25, -0.2) is 0 Å². The van der Waals surface area contributed by atoms with E-state index in [0.717, 1.165) is 5.69 Å². The van der Waals surface area contributed by atoms with Gasteiger partial charge in [0.05, 0.1) is 12.2 Å². The van der Waals surface area contributed by atoms with E-state index in [2.05, 4.69) is 27.4 Å². The maximum Gasteiger partial charge on any atom is 0.134 e. The third kappa shape index (κ3) is 2.07. The number of thiocarbonyl (C=S) groups is 1. The minimum absolute atomic E-state index is 0.688. The molecule has 0 amide bonds. The van der Waals surface area contributed by atoms with Crippen LogP contribution in [-0.2, 0) is 6.54 Å². The molecular weight excluding hydrogens is 152 g/mol. The number of nitrogens with zero attached hydrogens (tertiary/aromatic N) is 1. The number of hydrogen-bond donors (Lipinski definition) is 1. The molecule has 1 N–H and O–H groups in total. The average Bonchev–Trinajstić information content (AvgIpc) is 2.34. The highest BCUT2D eigenvalue weighted by molar-refractivity contribution is 7.78. The molecule has 9 heavy (non-hydrogen) atoms. The van der Waals surface area contributed by atoms with Crippen molar-refractivity contribution in [3.8, 4) is 0 Å². The van der Waals surface area contributed by atoms with E-state index in [4.69, 9.17) is 0 Å². The molecule has 1 radical (unpaired) electrons. The molecule has 0 aliphatic carbocycles. The third-order valence-electron chi connectivity index (χ3n) is 0.833. The third-order valence-corrected chi connectivity index (χ3v) is 1.57. The Hall–Kier alpha value is -0.480. The van der Waals surface area contributed by atoms with Crippen molar-refractivity contribution in [2.45, 2.75) is 6.54 Å². The molecule has 0 aliphatic heterocycles. The molecular formula is C5H5N2S2. The van der Waals surface area contributed by atoms with Crippen molar-refractivity contribution in [1.29, 1.82) is 0 Å². The fourth-order valence-electron chi connectivity index (χ4n) is 0.455. The molecule has 2 nitrogen and oxygen atoms in total. The Bertz CT molecular complexity index is 171. The van der Waals surface area contributed by atoms with Gasteiger partial charge in [-0.2, -0.15) is 4.37 Å². The molecule has 1 rings (SSSR count). The summed E-state index contributed by atoms with van der Waals surface area (Å²) in [6, 6.07) is 1.95. The van der Waals surface area contributed by atoms with Crippen LogP contribution in [0.1, 0.15) is 5.69 Å². The van der Waals surface area contributed by atoms with E-state index in [-0.39, 0.29) is 0 Å². The van der Waals surface area contributed by atoms with Crippen molar-refractivity contribution < 1.29 is 0 Å². The predicted molar refractivity (Wildman–Crippen MR) is 41.6 cm³/mol. The van der Waals surface area contributed by atoms with Crippen LogP contribution >= 0.6 is 23.8 Å². The van der Waals surface area contributed by atoms with Gasteiger partial charge in [0.15, 0.2) is 0 Å². The lowest BCUT2D eigenvalue weighted by molar-refractivity contribution is 0.918. The SMILES string of the molecule is S=[C]NCc1ccsn1. The average molecular weight is 157 g/mol. The molecule has 47 valence electrons. The van der Waals surface area contributed by atoms with Crippen LogP contribution in [-0.4, -0.2) is 9.86 Å². The second-order valence-electron chi connectivity index (χ2n) is 1.45. The van der Waals surface area contributed by atoms with Gasteiger partial charge in [-0.15, -0.1) is 0 Å². The Morgan fingerprint density at radius 1 is 1.89 bits per heavy atom. The summed E-state index contributed by atoms with van der Waals surface area (Å²) in [6.45, 7) is 0.688. The summed E-state index contributed by atoms with van der Waals surface area (Å²) in [4.78, 5) is 0. The van der Waals surface area contributed by atoms with Crippen molar-refractivity contribution in [2.75, 3.05) is 0 Å². The highest BCUT2D eigenvalue weighted by atomic mass is 32.1. The Morgan fingerprint density at radius 3 is 3.33 bits per heavy atom. The maximum atomic E-state index is 4.44. The predicted octanol–water partition coefficient (Wildman–Crippen LogP) is 1.07. The molecule has 0 fully saturated rings. The van der Waals surface area contributed by atoms with E-state index in [9.17, 15) is 0 Å². The van der Waals surface area contributed by atoms with Gasteiger partial charge in [0.2, 0.25) is 0 Å². The summed E-state index contributed by atoms with van der Waals surface area (Å²) in [5.41, 5.74) is 3.42. The Morgan fingerprint density at radius 2 is 2.78 bits per heavy atom. The van der Waals surface area contributed by atoms with Crippen molar-refractivity contribution in [2.24, 2.45) is 0 Å². The zero-order valence-electron chi connectivity index (χ0n) is 4.63. The van der Waals surface area contributed by atoms with Crippen LogP contribution in [0.4, 0.5) is 0 Å². The van der Waals surface area contributed by atoms with Crippen molar-refractivity contribution in [1.82, 2.24) is 9.69 Å². The smallest absolute Gasteiger partial charge is 0.134 e. The van der Waals surface area contributed by atoms with Gasteiger partial charge >= 0.3 is 0 Å². The molecule has 0 saturated heterocycles. The first-order valence-corrected chi connectivity index (χ1v) is 3.67. The van der Waals surface area contributed by atoms with Gasteiger partial charge in [0, 0.05) is 5.38 Å². The number of aromatic nitrogens is 1. The van der Waals surface area contributed by atoms with E-state index < -0.39 is 0 Å². The van der Waals surface area contributed by atoms with Crippen LogP contribution < -0.4 is 5.32 Å². The van der Waals surface area contributed by atoms with E-state index >= 15 is 0 Å². The molecule has 4 heteroatoms. The lowest BCUT2D eigenvalue weighted by atomic mass is 10.4. The van der Waals surface area contributed by atoms with Crippen molar-refractivity contribution >= 4 is 29.2 Å². The summed E-state index contributed by atoms with van der Waals surface area (Å²) < 4.78 is 4.05. The molecule has 0 spiro atoms. The first kappa shape index (κ1) is 6.64. The Balaban J connectivity index is 2.38. The molecule has 1 aromatic rings. The molecule has 0 unspecified atom stereocenters. The summed E-state index contributed by atoms with van der Waals surface area (Å²) >= 11 is 5.88. The highest BCUT2D eigenvalue weighted by Gasteiger charge is 1.89. The van der Waals surface area contributed by atoms with Crippen LogP contribution in [0.25, 0.3) is 0 Å². The minimum atomic E-state index is 0.688. The monoisotopic (exact) mass is 157 g/mol. The van der Waals surface area contributed by atoms with E-state index in [0.29, 0.717) is 6.54 Å². The second kappa shape index (κ2) is 3.53. The second-order valence-corrected chi connectivity index (χ2v) is 2.32. The summed E-state index contributed by atoms with van der Waals surface area (Å²) in [6.07, 6.45) is 0. The molecule has 0 bridgehead atoms. The van der Waals surface area contributed by atoms with Crippen LogP contribution in [0.5, 0.6) is 0 Å². The van der Waals surface area contributed by atoms with Gasteiger partial charge < -0.3 is 5.32 Å². The summed E-state index contributed by atoms with van der Waals surface area (Å²) in [5.74, 6) is 0. The van der Waals surface area contributed by atoms with Crippen molar-refractivity contribution in [3.63, 3.8) is 0 Å². The Labute approximate surface area is 63.1 Å². The highest BCUT2D eigenvalue weighted by Crippen LogP contribution is 1.97. The van der Waals surface area contributed by atoms with Gasteiger partial charge in [-0.3, -0.25) is 0 Å².